The predicted octanol–water partition coefficient (Wildman–Crippen LogP) is 3.18. The number of likely N-dealkylation sites (N-methyl/N-ethyl adjacent to an activating group) is 1. The second kappa shape index (κ2) is 8.56. The highest BCUT2D eigenvalue weighted by Crippen LogP contribution is 2.34. The fourth-order valence-corrected chi connectivity index (χ4v) is 5.04. The molecule has 2 aromatic carbocycles. The van der Waals surface area contributed by atoms with Crippen molar-refractivity contribution < 1.29 is 9.47 Å². The van der Waals surface area contributed by atoms with Crippen molar-refractivity contribution in [2.24, 2.45) is 0 Å². The van der Waals surface area contributed by atoms with E-state index in [4.69, 9.17) is 20.2 Å². The number of hydrogen-bond donors (Lipinski definition) is 1. The van der Waals surface area contributed by atoms with Gasteiger partial charge in [0, 0.05) is 42.9 Å². The smallest absolute Gasteiger partial charge is 0.318 e. The number of methoxy groups -OCH3 is 1. The van der Waals surface area contributed by atoms with Crippen LogP contribution in [-0.2, 0) is 17.7 Å². The molecule has 0 bridgehead atoms. The topological polar surface area (TPSA) is 76.7 Å². The fourth-order valence-electron chi connectivity index (χ4n) is 5.04. The van der Waals surface area contributed by atoms with E-state index in [0.717, 1.165) is 37.2 Å². The Balaban J connectivity index is 1.37. The number of nitrogens with zero attached hydrogens (tertiary/aromatic N) is 4. The van der Waals surface area contributed by atoms with Crippen LogP contribution >= 0.6 is 0 Å². The van der Waals surface area contributed by atoms with Gasteiger partial charge in [0.15, 0.2) is 0 Å². The molecule has 7 nitrogen and oxygen atoms in total. The van der Waals surface area contributed by atoms with E-state index < -0.39 is 0 Å². The summed E-state index contributed by atoms with van der Waals surface area (Å²) in [5.41, 5.74) is 10.8. The number of ether oxygens (including phenoxy) is 2. The summed E-state index contributed by atoms with van der Waals surface area (Å²) < 4.78 is 11.5. The maximum Gasteiger partial charge on any atom is 0.318 e. The van der Waals surface area contributed by atoms with E-state index in [1.807, 2.05) is 0 Å². The van der Waals surface area contributed by atoms with Crippen molar-refractivity contribution in [1.82, 2.24) is 14.9 Å². The van der Waals surface area contributed by atoms with Gasteiger partial charge >= 0.3 is 6.01 Å². The lowest BCUT2D eigenvalue weighted by atomic mass is 10.00. The van der Waals surface area contributed by atoms with Gasteiger partial charge in [-0.05, 0) is 43.8 Å². The van der Waals surface area contributed by atoms with Crippen LogP contribution in [0.25, 0.3) is 10.8 Å². The minimum absolute atomic E-state index is 0.251. The van der Waals surface area contributed by atoms with Crippen LogP contribution in [0.5, 0.6) is 6.01 Å². The summed E-state index contributed by atoms with van der Waals surface area (Å²) in [6, 6.07) is 13.6. The Hall–Kier alpha value is -2.90. The molecule has 0 aliphatic carbocycles. The first-order valence-electron chi connectivity index (χ1n) is 11.3. The molecule has 2 N–H and O–H groups in total. The minimum atomic E-state index is 0.251. The zero-order valence-electron chi connectivity index (χ0n) is 19.0. The van der Waals surface area contributed by atoms with Gasteiger partial charge in [0.05, 0.1) is 18.3 Å². The van der Waals surface area contributed by atoms with Crippen molar-refractivity contribution in [3.8, 4) is 6.01 Å². The molecule has 0 amide bonds. The fraction of sp³-hybridized carbons (Fsp3) is 0.440. The number of benzene rings is 2. The van der Waals surface area contributed by atoms with Crippen LogP contribution in [0.1, 0.15) is 23.2 Å². The Morgan fingerprint density at radius 2 is 1.97 bits per heavy atom. The van der Waals surface area contributed by atoms with E-state index in [-0.39, 0.29) is 12.1 Å². The Labute approximate surface area is 189 Å². The summed E-state index contributed by atoms with van der Waals surface area (Å²) >= 11 is 0. The first kappa shape index (κ1) is 21.0. The van der Waals surface area contributed by atoms with Crippen molar-refractivity contribution in [3.63, 3.8) is 0 Å². The quantitative estimate of drug-likeness (QED) is 0.662. The van der Waals surface area contributed by atoms with Crippen molar-refractivity contribution in [1.29, 1.82) is 0 Å². The molecule has 1 aromatic heterocycles. The van der Waals surface area contributed by atoms with E-state index in [2.05, 4.69) is 65.2 Å². The molecule has 3 aromatic rings. The lowest BCUT2D eigenvalue weighted by Crippen LogP contribution is -2.33. The van der Waals surface area contributed by atoms with Crippen molar-refractivity contribution in [3.05, 3.63) is 53.2 Å². The Bertz CT molecular complexity index is 1130. The molecule has 0 spiro atoms. The molecule has 1 saturated heterocycles. The minimum Gasteiger partial charge on any atom is -0.462 e. The Morgan fingerprint density at radius 1 is 1.16 bits per heavy atom. The Kier molecular flexibility index (Phi) is 5.61. The van der Waals surface area contributed by atoms with Gasteiger partial charge < -0.3 is 20.1 Å². The number of nitrogens with two attached hydrogens (primary N) is 1. The van der Waals surface area contributed by atoms with Crippen molar-refractivity contribution in [2.75, 3.05) is 44.5 Å². The van der Waals surface area contributed by atoms with Crippen LogP contribution in [-0.4, -0.2) is 60.9 Å². The molecular formula is C25H31N5O2. The number of nitrogen functional groups attached to an aromatic ring is 1. The molecule has 3 heterocycles. The van der Waals surface area contributed by atoms with Crippen molar-refractivity contribution in [2.45, 2.75) is 38.5 Å². The summed E-state index contributed by atoms with van der Waals surface area (Å²) in [6.45, 7) is 5.20. The standard InChI is InChI=1S/C25H31N5O2/c1-16-6-4-7-17-8-5-9-22(23(16)17)30-11-10-20-21(14-30)27-25(28-24(20)26)32-15-18-12-19(31-3)13-29(18)2/h4-9,18-19H,10-15H2,1-3H3,(H2,26,27,28)/t18-,19+/m0/s1. The highest BCUT2D eigenvalue weighted by molar-refractivity contribution is 5.97. The molecule has 2 atom stereocenters. The van der Waals surface area contributed by atoms with Gasteiger partial charge in [-0.1, -0.05) is 30.3 Å². The lowest BCUT2D eigenvalue weighted by molar-refractivity contribution is 0.111. The van der Waals surface area contributed by atoms with Crippen molar-refractivity contribution >= 4 is 22.3 Å². The molecule has 5 rings (SSSR count). The third-order valence-electron chi connectivity index (χ3n) is 6.90. The molecule has 7 heteroatoms. The molecule has 2 aliphatic rings. The first-order chi connectivity index (χ1) is 15.5. The van der Waals surface area contributed by atoms with Gasteiger partial charge in [0.25, 0.3) is 0 Å². The zero-order chi connectivity index (χ0) is 22.2. The summed E-state index contributed by atoms with van der Waals surface area (Å²) in [6.07, 6.45) is 2.02. The van der Waals surface area contributed by atoms with Crippen LogP contribution in [0, 0.1) is 6.92 Å². The molecule has 2 aliphatic heterocycles. The van der Waals surface area contributed by atoms with E-state index in [9.17, 15) is 0 Å². The molecule has 0 unspecified atom stereocenters. The summed E-state index contributed by atoms with van der Waals surface area (Å²) in [4.78, 5) is 13.9. The third-order valence-corrected chi connectivity index (χ3v) is 6.90. The third kappa shape index (κ3) is 3.87. The summed E-state index contributed by atoms with van der Waals surface area (Å²) in [5.74, 6) is 0.535. The number of fused-ring (bicyclic) bond motifs is 2. The molecular weight excluding hydrogens is 402 g/mol. The Morgan fingerprint density at radius 3 is 2.75 bits per heavy atom. The van der Waals surface area contributed by atoms with E-state index >= 15 is 0 Å². The highest BCUT2D eigenvalue weighted by Gasteiger charge is 2.30. The van der Waals surface area contributed by atoms with Crippen LogP contribution in [0.3, 0.4) is 0 Å². The number of anilines is 2. The molecule has 0 saturated carbocycles. The number of aryl methyl sites for hydroxylation is 1. The monoisotopic (exact) mass is 433 g/mol. The largest absolute Gasteiger partial charge is 0.462 e. The van der Waals surface area contributed by atoms with Gasteiger partial charge in [0.1, 0.15) is 12.4 Å². The predicted molar refractivity (Wildman–Crippen MR) is 127 cm³/mol. The number of aromatic nitrogens is 2. The molecule has 0 radical (unpaired) electrons. The number of likely N-dealkylation sites (tertiary alicyclic amines) is 1. The van der Waals surface area contributed by atoms with Crippen LogP contribution in [0.2, 0.25) is 0 Å². The van der Waals surface area contributed by atoms with Crippen LogP contribution < -0.4 is 15.4 Å². The average Bonchev–Trinajstić information content (AvgIpc) is 3.17. The summed E-state index contributed by atoms with van der Waals surface area (Å²) in [5, 5.41) is 2.56. The summed E-state index contributed by atoms with van der Waals surface area (Å²) in [7, 11) is 3.86. The molecule has 168 valence electrons. The van der Waals surface area contributed by atoms with Gasteiger partial charge in [0.2, 0.25) is 0 Å². The first-order valence-corrected chi connectivity index (χ1v) is 11.3. The van der Waals surface area contributed by atoms with E-state index in [1.54, 1.807) is 7.11 Å². The maximum absolute atomic E-state index is 6.32. The zero-order valence-corrected chi connectivity index (χ0v) is 19.0. The second-order valence-electron chi connectivity index (χ2n) is 8.94. The second-order valence-corrected chi connectivity index (χ2v) is 8.94. The normalized spacial score (nSPS) is 21.2. The number of rotatable bonds is 5. The average molecular weight is 434 g/mol. The molecule has 1 fully saturated rings. The van der Waals surface area contributed by atoms with Gasteiger partial charge in [-0.2, -0.15) is 9.97 Å². The molecule has 32 heavy (non-hydrogen) atoms. The van der Waals surface area contributed by atoms with Crippen LogP contribution in [0.15, 0.2) is 36.4 Å². The maximum atomic E-state index is 6.32. The van der Waals surface area contributed by atoms with Gasteiger partial charge in [-0.3, -0.25) is 4.90 Å². The number of hydrogen-bond acceptors (Lipinski definition) is 7. The van der Waals surface area contributed by atoms with Crippen LogP contribution in [0.4, 0.5) is 11.5 Å². The van der Waals surface area contributed by atoms with E-state index in [1.165, 1.54) is 22.0 Å². The van der Waals surface area contributed by atoms with E-state index in [0.29, 0.717) is 25.0 Å². The SMILES string of the molecule is CO[C@@H]1C[C@@H](COc2nc(N)c3c(n2)CN(c2cccc4cccc(C)c24)CC3)N(C)C1. The lowest BCUT2D eigenvalue weighted by Gasteiger charge is -2.31. The van der Waals surface area contributed by atoms with Gasteiger partial charge in [-0.15, -0.1) is 0 Å². The van der Waals surface area contributed by atoms with Gasteiger partial charge in [-0.25, -0.2) is 0 Å². The highest BCUT2D eigenvalue weighted by atomic mass is 16.5.